The zero-order valence-corrected chi connectivity index (χ0v) is 22.7. The lowest BCUT2D eigenvalue weighted by atomic mass is 10.1. The van der Waals surface area contributed by atoms with Gasteiger partial charge in [0.1, 0.15) is 36.2 Å². The van der Waals surface area contributed by atoms with Gasteiger partial charge in [-0.25, -0.2) is 19.3 Å². The van der Waals surface area contributed by atoms with Crippen molar-refractivity contribution in [2.24, 2.45) is 0 Å². The quantitative estimate of drug-likeness (QED) is 0.131. The molecule has 4 aromatic heterocycles. The van der Waals surface area contributed by atoms with E-state index < -0.39 is 68.5 Å². The molecule has 0 radical (unpaired) electrons. The first kappa shape index (κ1) is 28.0. The van der Waals surface area contributed by atoms with Gasteiger partial charge in [-0.2, -0.15) is 4.98 Å². The third-order valence-corrected chi connectivity index (χ3v) is 8.57. The molecule has 2 aliphatic rings. The number of H-pyrrole nitrogens is 1. The van der Waals surface area contributed by atoms with Crippen molar-refractivity contribution in [3.05, 3.63) is 35.3 Å². The van der Waals surface area contributed by atoms with Crippen LogP contribution in [-0.4, -0.2) is 93.5 Å². The zero-order chi connectivity index (χ0) is 29.1. The maximum Gasteiger partial charge on any atom is 0.326 e. The highest BCUT2D eigenvalue weighted by atomic mass is 32.5. The maximum atomic E-state index is 15.8. The summed E-state index contributed by atoms with van der Waals surface area (Å²) in [5, 5.41) is 20.9. The van der Waals surface area contributed by atoms with Crippen LogP contribution in [0.25, 0.3) is 22.2 Å². The van der Waals surface area contributed by atoms with Crippen molar-refractivity contribution in [3.8, 4) is 0 Å². The molecule has 2 aliphatic heterocycles. The molecule has 6 rings (SSSR count). The number of hydrogen-bond donors (Lipinski definition) is 6. The average molecular weight is 614 g/mol. The Kier molecular flexibility index (Phi) is 7.04. The van der Waals surface area contributed by atoms with Gasteiger partial charge in [0.2, 0.25) is 11.7 Å². The standard InChI is InChI=1S/C21H25FN9O8PS/c22-15-11(4-32)36-6-21(15,31-8-27-14-18(31)28-20(24)29-19(14)34)39-40(35,41)37-5-12-10(33)3-13(38-12)30-2-1-9-16(23)25-7-26-17(9)30/h1-2,7-8,10-13,15,32-33H,3-6H2,(H,35,41)(H2,23,25,26)(H3,24,28,29,34)/t10-,11+,12+,13+,15+,21+,40?/m0/s1. The largest absolute Gasteiger partial charge is 0.394 e. The second kappa shape index (κ2) is 10.3. The molecule has 0 bridgehead atoms. The highest BCUT2D eigenvalue weighted by Crippen LogP contribution is 2.54. The molecule has 2 saturated heterocycles. The number of hydrogen-bond acceptors (Lipinski definition) is 14. The summed E-state index contributed by atoms with van der Waals surface area (Å²) < 4.78 is 41.1. The molecule has 0 amide bonds. The number of rotatable bonds is 8. The van der Waals surface area contributed by atoms with Crippen LogP contribution in [0, 0.1) is 0 Å². The number of ether oxygens (including phenoxy) is 2. The van der Waals surface area contributed by atoms with Crippen LogP contribution in [0.15, 0.2) is 29.7 Å². The first-order valence-corrected chi connectivity index (χ1v) is 14.8. The van der Waals surface area contributed by atoms with Gasteiger partial charge in [-0.1, -0.05) is 0 Å². The number of anilines is 2. The van der Waals surface area contributed by atoms with Gasteiger partial charge in [-0.15, -0.1) is 0 Å². The van der Waals surface area contributed by atoms with E-state index >= 15 is 4.39 Å². The Balaban J connectivity index is 1.23. The molecule has 0 aromatic carbocycles. The lowest BCUT2D eigenvalue weighted by Crippen LogP contribution is -2.46. The topological polar surface area (TPSA) is 244 Å². The Bertz CT molecular complexity index is 1720. The number of nitrogen functional groups attached to an aromatic ring is 2. The minimum Gasteiger partial charge on any atom is -0.394 e. The molecule has 20 heteroatoms. The number of fused-ring (bicyclic) bond motifs is 2. The molecule has 6 heterocycles. The lowest BCUT2D eigenvalue weighted by molar-refractivity contribution is -0.0775. The first-order valence-electron chi connectivity index (χ1n) is 12.2. The van der Waals surface area contributed by atoms with Crippen molar-refractivity contribution in [2.45, 2.75) is 42.9 Å². The number of alkyl halides is 1. The second-order valence-corrected chi connectivity index (χ2v) is 12.3. The van der Waals surface area contributed by atoms with Crippen LogP contribution in [0.2, 0.25) is 0 Å². The zero-order valence-electron chi connectivity index (χ0n) is 21.0. The summed E-state index contributed by atoms with van der Waals surface area (Å²) in [6, 6.07) is 1.72. The van der Waals surface area contributed by atoms with E-state index in [0.717, 1.165) is 10.9 Å². The molecule has 8 N–H and O–H groups in total. The SMILES string of the molecule is Nc1nc2c(ncn2[C@@]2(OP(O)(=S)OC[C@H]3O[C@@H](n4ccc5c(N)ncnc54)C[C@@H]3O)CO[C@H](CO)[C@H]2F)c(=O)[nH]1. The Morgan fingerprint density at radius 2 is 2.10 bits per heavy atom. The number of aliphatic hydroxyl groups excluding tert-OH is 2. The number of nitrogens with two attached hydrogens (primary N) is 2. The van der Waals surface area contributed by atoms with E-state index in [1.165, 1.54) is 6.33 Å². The van der Waals surface area contributed by atoms with Gasteiger partial charge in [0, 0.05) is 12.6 Å². The number of halogens is 1. The Hall–Kier alpha value is -3.13. The first-order chi connectivity index (χ1) is 19.5. The van der Waals surface area contributed by atoms with Gasteiger partial charge in [-0.05, 0) is 17.9 Å². The number of aliphatic hydroxyl groups is 2. The van der Waals surface area contributed by atoms with E-state index in [4.69, 9.17) is 41.8 Å². The summed E-state index contributed by atoms with van der Waals surface area (Å²) in [6.07, 6.45) is -1.89. The minimum atomic E-state index is -4.33. The van der Waals surface area contributed by atoms with E-state index in [2.05, 4.69) is 24.9 Å². The monoisotopic (exact) mass is 613 g/mol. The summed E-state index contributed by atoms with van der Waals surface area (Å²) in [4.78, 5) is 41.8. The summed E-state index contributed by atoms with van der Waals surface area (Å²) in [5.74, 6) is 0.0107. The van der Waals surface area contributed by atoms with E-state index in [-0.39, 0.29) is 29.4 Å². The molecule has 0 spiro atoms. The number of imidazole rings is 1. The predicted octanol–water partition coefficient (Wildman–Crippen LogP) is -0.991. The van der Waals surface area contributed by atoms with Crippen molar-refractivity contribution in [1.29, 1.82) is 0 Å². The van der Waals surface area contributed by atoms with Gasteiger partial charge in [-0.3, -0.25) is 18.9 Å². The fourth-order valence-electron chi connectivity index (χ4n) is 5.01. The Morgan fingerprint density at radius 1 is 1.29 bits per heavy atom. The Labute approximate surface area is 234 Å². The summed E-state index contributed by atoms with van der Waals surface area (Å²) in [7, 11) is 0. The van der Waals surface area contributed by atoms with Crippen molar-refractivity contribution in [3.63, 3.8) is 0 Å². The van der Waals surface area contributed by atoms with Crippen LogP contribution in [0.5, 0.6) is 0 Å². The molecule has 220 valence electrons. The van der Waals surface area contributed by atoms with Crippen molar-refractivity contribution >= 4 is 52.5 Å². The van der Waals surface area contributed by atoms with Crippen LogP contribution in [0.4, 0.5) is 16.2 Å². The molecular formula is C21H25FN9O8PS. The van der Waals surface area contributed by atoms with Crippen molar-refractivity contribution < 1.29 is 38.0 Å². The van der Waals surface area contributed by atoms with E-state index in [9.17, 15) is 19.9 Å². The smallest absolute Gasteiger partial charge is 0.326 e. The Morgan fingerprint density at radius 3 is 2.85 bits per heavy atom. The summed E-state index contributed by atoms with van der Waals surface area (Å²) in [5.41, 5.74) is 8.78. The fraction of sp³-hybridized carbons (Fsp3) is 0.476. The van der Waals surface area contributed by atoms with E-state index in [1.807, 2.05) is 0 Å². The number of aromatic nitrogens is 7. The molecular weight excluding hydrogens is 588 g/mol. The summed E-state index contributed by atoms with van der Waals surface area (Å²) in [6.45, 7) is -6.03. The number of nitrogens with zero attached hydrogens (tertiary/aromatic N) is 6. The van der Waals surface area contributed by atoms with Crippen molar-refractivity contribution in [1.82, 2.24) is 34.1 Å². The van der Waals surface area contributed by atoms with Gasteiger partial charge in [0.15, 0.2) is 17.3 Å². The molecule has 4 aromatic rings. The van der Waals surface area contributed by atoms with Crippen LogP contribution in [0.1, 0.15) is 12.6 Å². The average Bonchev–Trinajstić information content (AvgIpc) is 3.69. The molecule has 17 nitrogen and oxygen atoms in total. The van der Waals surface area contributed by atoms with Crippen LogP contribution < -0.4 is 17.0 Å². The lowest BCUT2D eigenvalue weighted by Gasteiger charge is -2.34. The third-order valence-electron chi connectivity index (χ3n) is 7.00. The van der Waals surface area contributed by atoms with Gasteiger partial charge in [0.25, 0.3) is 5.56 Å². The molecule has 7 atom stereocenters. The second-order valence-electron chi connectivity index (χ2n) is 9.52. The van der Waals surface area contributed by atoms with Crippen molar-refractivity contribution in [2.75, 3.05) is 31.3 Å². The molecule has 41 heavy (non-hydrogen) atoms. The van der Waals surface area contributed by atoms with Crippen LogP contribution in [0.3, 0.4) is 0 Å². The highest BCUT2D eigenvalue weighted by Gasteiger charge is 2.57. The third kappa shape index (κ3) is 4.78. The fourth-order valence-corrected chi connectivity index (χ4v) is 6.60. The minimum absolute atomic E-state index is 0.155. The molecule has 0 saturated carbocycles. The highest BCUT2D eigenvalue weighted by molar-refractivity contribution is 8.07. The van der Waals surface area contributed by atoms with Gasteiger partial charge < -0.3 is 45.1 Å². The summed E-state index contributed by atoms with van der Waals surface area (Å²) >= 11 is 5.21. The molecule has 2 fully saturated rings. The van der Waals surface area contributed by atoms with Gasteiger partial charge >= 0.3 is 6.72 Å². The molecule has 1 unspecified atom stereocenters. The predicted molar refractivity (Wildman–Crippen MR) is 142 cm³/mol. The van der Waals surface area contributed by atoms with E-state index in [0.29, 0.717) is 11.0 Å². The molecule has 0 aliphatic carbocycles. The van der Waals surface area contributed by atoms with Crippen LogP contribution >= 0.6 is 6.72 Å². The van der Waals surface area contributed by atoms with Crippen LogP contribution in [-0.2, 0) is 36.1 Å². The number of aromatic amines is 1. The van der Waals surface area contributed by atoms with E-state index in [1.54, 1.807) is 16.8 Å². The maximum absolute atomic E-state index is 15.8. The normalized spacial score (nSPS) is 29.9. The number of nitrogens with one attached hydrogen (secondary N) is 1. The van der Waals surface area contributed by atoms with Gasteiger partial charge in [0.05, 0.1) is 37.6 Å².